The molecule has 78 valence electrons. The first-order chi connectivity index (χ1) is 7.34. The van der Waals surface area contributed by atoms with E-state index in [1.54, 1.807) is 6.20 Å². The summed E-state index contributed by atoms with van der Waals surface area (Å²) in [7, 11) is 0. The molecule has 0 aliphatic carbocycles. The van der Waals surface area contributed by atoms with Gasteiger partial charge in [0.1, 0.15) is 5.76 Å². The van der Waals surface area contributed by atoms with E-state index in [1.165, 1.54) is 5.56 Å². The molecule has 15 heavy (non-hydrogen) atoms. The molecule has 0 aliphatic rings. The van der Waals surface area contributed by atoms with Crippen molar-refractivity contribution in [2.75, 3.05) is 0 Å². The van der Waals surface area contributed by atoms with Crippen molar-refractivity contribution < 1.29 is 4.42 Å². The van der Waals surface area contributed by atoms with Crippen LogP contribution in [-0.2, 0) is 13.1 Å². The van der Waals surface area contributed by atoms with E-state index in [9.17, 15) is 0 Å². The first kappa shape index (κ1) is 10.4. The lowest BCUT2D eigenvalue weighted by molar-refractivity contribution is 0.465. The molecule has 0 saturated carbocycles. The fourth-order valence-corrected chi connectivity index (χ4v) is 1.62. The smallest absolute Gasteiger partial charge is 0.169 e. The summed E-state index contributed by atoms with van der Waals surface area (Å²) in [6.45, 7) is 1.52. The minimum absolute atomic E-state index is 0.723. The van der Waals surface area contributed by atoms with Crippen molar-refractivity contribution in [2.24, 2.45) is 0 Å². The number of halogens is 1. The zero-order valence-corrected chi connectivity index (χ0v) is 9.70. The van der Waals surface area contributed by atoms with Gasteiger partial charge in [-0.05, 0) is 39.7 Å². The number of aromatic nitrogens is 1. The van der Waals surface area contributed by atoms with E-state index < -0.39 is 0 Å². The molecule has 1 N–H and O–H groups in total. The quantitative estimate of drug-likeness (QED) is 0.925. The summed E-state index contributed by atoms with van der Waals surface area (Å²) in [6.07, 6.45) is 3.62. The lowest BCUT2D eigenvalue weighted by Gasteiger charge is -2.01. The van der Waals surface area contributed by atoms with Gasteiger partial charge in [-0.1, -0.05) is 6.07 Å². The Hall–Kier alpha value is -1.13. The van der Waals surface area contributed by atoms with Crippen LogP contribution in [0.4, 0.5) is 0 Å². The molecule has 3 nitrogen and oxygen atoms in total. The Morgan fingerprint density at radius 1 is 1.27 bits per heavy atom. The Kier molecular flexibility index (Phi) is 3.53. The average molecular weight is 267 g/mol. The van der Waals surface area contributed by atoms with Gasteiger partial charge in [0.25, 0.3) is 0 Å². The molecular weight excluding hydrogens is 256 g/mol. The van der Waals surface area contributed by atoms with E-state index in [1.807, 2.05) is 30.5 Å². The van der Waals surface area contributed by atoms with Crippen LogP contribution in [0.3, 0.4) is 0 Å². The zero-order chi connectivity index (χ0) is 10.5. The van der Waals surface area contributed by atoms with Gasteiger partial charge >= 0.3 is 0 Å². The third-order valence-electron chi connectivity index (χ3n) is 1.98. The van der Waals surface area contributed by atoms with Gasteiger partial charge in [0.2, 0.25) is 0 Å². The summed E-state index contributed by atoms with van der Waals surface area (Å²) in [6, 6.07) is 7.81. The number of hydrogen-bond acceptors (Lipinski definition) is 3. The highest BCUT2D eigenvalue weighted by Crippen LogP contribution is 2.13. The molecule has 2 heterocycles. The molecule has 2 aromatic rings. The summed E-state index contributed by atoms with van der Waals surface area (Å²) in [5.41, 5.74) is 1.17. The van der Waals surface area contributed by atoms with E-state index in [0.717, 1.165) is 23.5 Å². The predicted octanol–water partition coefficient (Wildman–Crippen LogP) is 2.73. The van der Waals surface area contributed by atoms with Crippen molar-refractivity contribution in [3.05, 3.63) is 52.7 Å². The Balaban J connectivity index is 1.80. The van der Waals surface area contributed by atoms with E-state index in [0.29, 0.717) is 0 Å². The fourth-order valence-electron chi connectivity index (χ4n) is 1.28. The summed E-state index contributed by atoms with van der Waals surface area (Å²) in [5, 5.41) is 3.28. The minimum Gasteiger partial charge on any atom is -0.453 e. The van der Waals surface area contributed by atoms with Crippen LogP contribution in [0.25, 0.3) is 0 Å². The summed E-state index contributed by atoms with van der Waals surface area (Å²) in [4.78, 5) is 4.04. The Labute approximate surface area is 96.6 Å². The predicted molar refractivity (Wildman–Crippen MR) is 61.2 cm³/mol. The number of rotatable bonds is 4. The number of furan rings is 1. The first-order valence-electron chi connectivity index (χ1n) is 4.68. The van der Waals surface area contributed by atoms with Gasteiger partial charge < -0.3 is 9.73 Å². The lowest BCUT2D eigenvalue weighted by atomic mass is 10.3. The molecule has 0 aromatic carbocycles. The van der Waals surface area contributed by atoms with Gasteiger partial charge in [-0.25, -0.2) is 0 Å². The third-order valence-corrected chi connectivity index (χ3v) is 2.41. The SMILES string of the molecule is Brc1ccc(CNCc2cccnc2)o1. The van der Waals surface area contributed by atoms with E-state index >= 15 is 0 Å². The van der Waals surface area contributed by atoms with Crippen LogP contribution in [0.1, 0.15) is 11.3 Å². The maximum atomic E-state index is 5.36. The lowest BCUT2D eigenvalue weighted by Crippen LogP contribution is -2.12. The molecule has 0 saturated heterocycles. The van der Waals surface area contributed by atoms with Gasteiger partial charge in [-0.3, -0.25) is 4.98 Å². The highest BCUT2D eigenvalue weighted by Gasteiger charge is 1.98. The van der Waals surface area contributed by atoms with E-state index in [2.05, 4.69) is 26.2 Å². The summed E-state index contributed by atoms with van der Waals surface area (Å²) < 4.78 is 6.12. The number of hydrogen-bond donors (Lipinski definition) is 1. The molecule has 0 atom stereocenters. The standard InChI is InChI=1S/C11H11BrN2O/c12-11-4-3-10(15-11)8-14-7-9-2-1-5-13-6-9/h1-6,14H,7-8H2. The second-order valence-corrected chi connectivity index (χ2v) is 3.95. The van der Waals surface area contributed by atoms with Gasteiger partial charge in [-0.2, -0.15) is 0 Å². The molecule has 0 fully saturated rings. The van der Waals surface area contributed by atoms with Crippen LogP contribution in [-0.4, -0.2) is 4.98 Å². The summed E-state index contributed by atoms with van der Waals surface area (Å²) >= 11 is 3.26. The third kappa shape index (κ3) is 3.18. The van der Waals surface area contributed by atoms with Crippen molar-refractivity contribution in [3.63, 3.8) is 0 Å². The molecule has 0 unspecified atom stereocenters. The molecule has 2 rings (SSSR count). The van der Waals surface area contributed by atoms with Crippen LogP contribution in [0, 0.1) is 0 Å². The maximum Gasteiger partial charge on any atom is 0.169 e. The molecule has 4 heteroatoms. The topological polar surface area (TPSA) is 38.1 Å². The number of nitrogens with zero attached hydrogens (tertiary/aromatic N) is 1. The summed E-state index contributed by atoms with van der Waals surface area (Å²) in [5.74, 6) is 0.922. The normalized spacial score (nSPS) is 10.5. The number of nitrogens with one attached hydrogen (secondary N) is 1. The van der Waals surface area contributed by atoms with Crippen LogP contribution in [0.2, 0.25) is 0 Å². The zero-order valence-electron chi connectivity index (χ0n) is 8.11. The monoisotopic (exact) mass is 266 g/mol. The van der Waals surface area contributed by atoms with Crippen molar-refractivity contribution in [1.29, 1.82) is 0 Å². The second kappa shape index (κ2) is 5.09. The molecule has 0 radical (unpaired) electrons. The Morgan fingerprint density at radius 2 is 2.20 bits per heavy atom. The molecule has 0 spiro atoms. The van der Waals surface area contributed by atoms with Crippen molar-refractivity contribution in [2.45, 2.75) is 13.1 Å². The molecule has 0 amide bonds. The van der Waals surface area contributed by atoms with Gasteiger partial charge in [0, 0.05) is 18.9 Å². The Bertz CT molecular complexity index is 414. The number of pyridine rings is 1. The minimum atomic E-state index is 0.723. The van der Waals surface area contributed by atoms with Gasteiger partial charge in [0.05, 0.1) is 6.54 Å². The first-order valence-corrected chi connectivity index (χ1v) is 5.48. The van der Waals surface area contributed by atoms with Crippen molar-refractivity contribution in [1.82, 2.24) is 10.3 Å². The van der Waals surface area contributed by atoms with Crippen LogP contribution >= 0.6 is 15.9 Å². The average Bonchev–Trinajstić information content (AvgIpc) is 2.66. The van der Waals surface area contributed by atoms with Gasteiger partial charge in [0.15, 0.2) is 4.67 Å². The highest BCUT2D eigenvalue weighted by molar-refractivity contribution is 9.10. The second-order valence-electron chi connectivity index (χ2n) is 3.17. The van der Waals surface area contributed by atoms with E-state index in [4.69, 9.17) is 4.42 Å². The molecule has 0 bridgehead atoms. The van der Waals surface area contributed by atoms with Crippen LogP contribution < -0.4 is 5.32 Å². The van der Waals surface area contributed by atoms with Crippen LogP contribution in [0.15, 0.2) is 45.7 Å². The Morgan fingerprint density at radius 3 is 2.87 bits per heavy atom. The maximum absolute atomic E-state index is 5.36. The molecule has 2 aromatic heterocycles. The van der Waals surface area contributed by atoms with Crippen molar-refractivity contribution >= 4 is 15.9 Å². The largest absolute Gasteiger partial charge is 0.453 e. The van der Waals surface area contributed by atoms with Gasteiger partial charge in [-0.15, -0.1) is 0 Å². The molecule has 0 aliphatic heterocycles. The van der Waals surface area contributed by atoms with E-state index in [-0.39, 0.29) is 0 Å². The van der Waals surface area contributed by atoms with Crippen LogP contribution in [0.5, 0.6) is 0 Å². The fraction of sp³-hybridized carbons (Fsp3) is 0.182. The van der Waals surface area contributed by atoms with Crippen molar-refractivity contribution in [3.8, 4) is 0 Å². The molecular formula is C11H11BrN2O. The highest BCUT2D eigenvalue weighted by atomic mass is 79.9.